The summed E-state index contributed by atoms with van der Waals surface area (Å²) in [5, 5.41) is 7.45. The molecule has 3 aromatic rings. The molecular formula is C18H12F2N2O4S. The number of carbonyl (C=O) groups excluding carboxylic acids is 1. The van der Waals surface area contributed by atoms with E-state index >= 15 is 0 Å². The topological polar surface area (TPSA) is 74.5 Å². The first-order valence-corrected chi connectivity index (χ1v) is 8.78. The van der Waals surface area contributed by atoms with Crippen molar-refractivity contribution in [3.63, 3.8) is 0 Å². The molecule has 0 saturated heterocycles. The van der Waals surface area contributed by atoms with Gasteiger partial charge in [0, 0.05) is 11.1 Å². The number of ketones is 1. The van der Waals surface area contributed by atoms with Crippen LogP contribution in [0.4, 0.5) is 8.78 Å². The normalized spacial score (nSPS) is 13.6. The summed E-state index contributed by atoms with van der Waals surface area (Å²) in [4.78, 5) is 12.4. The molecule has 2 aromatic carbocycles. The van der Waals surface area contributed by atoms with E-state index in [1.807, 2.05) is 0 Å². The zero-order valence-corrected chi connectivity index (χ0v) is 14.8. The number of hydrogen-bond acceptors (Lipinski definition) is 7. The Morgan fingerprint density at radius 2 is 1.89 bits per heavy atom. The van der Waals surface area contributed by atoms with Gasteiger partial charge in [-0.15, -0.1) is 10.2 Å². The van der Waals surface area contributed by atoms with Crippen LogP contribution in [0, 0.1) is 11.6 Å². The van der Waals surface area contributed by atoms with E-state index in [4.69, 9.17) is 13.9 Å². The first kappa shape index (κ1) is 17.5. The van der Waals surface area contributed by atoms with Crippen molar-refractivity contribution in [3.8, 4) is 23.0 Å². The molecule has 138 valence electrons. The SMILES string of the molecule is CC(Sc1nnc(-c2ccc3c(c2)OCO3)o1)C(=O)c1ccc(F)c(F)c1. The Kier molecular flexibility index (Phi) is 4.53. The monoisotopic (exact) mass is 390 g/mol. The predicted octanol–water partition coefficient (Wildman–Crippen LogP) is 4.11. The van der Waals surface area contributed by atoms with Crippen LogP contribution in [0.5, 0.6) is 11.5 Å². The summed E-state index contributed by atoms with van der Waals surface area (Å²) in [7, 11) is 0. The van der Waals surface area contributed by atoms with Crippen molar-refractivity contribution < 1.29 is 27.5 Å². The smallest absolute Gasteiger partial charge is 0.277 e. The average Bonchev–Trinajstić information content (AvgIpc) is 3.31. The Morgan fingerprint density at radius 3 is 2.70 bits per heavy atom. The molecule has 0 amide bonds. The van der Waals surface area contributed by atoms with E-state index in [9.17, 15) is 13.6 Å². The van der Waals surface area contributed by atoms with Crippen LogP contribution in [0.25, 0.3) is 11.5 Å². The van der Waals surface area contributed by atoms with Gasteiger partial charge < -0.3 is 13.9 Å². The van der Waals surface area contributed by atoms with Crippen molar-refractivity contribution in [2.45, 2.75) is 17.4 Å². The Hall–Kier alpha value is -2.94. The van der Waals surface area contributed by atoms with Crippen molar-refractivity contribution in [3.05, 3.63) is 53.6 Å². The predicted molar refractivity (Wildman–Crippen MR) is 91.9 cm³/mol. The Balaban J connectivity index is 1.48. The van der Waals surface area contributed by atoms with Crippen molar-refractivity contribution in [2.24, 2.45) is 0 Å². The van der Waals surface area contributed by atoms with Crippen LogP contribution in [0.15, 0.2) is 46.0 Å². The zero-order chi connectivity index (χ0) is 19.0. The number of carbonyl (C=O) groups is 1. The number of nitrogens with zero attached hydrogens (tertiary/aromatic N) is 2. The summed E-state index contributed by atoms with van der Waals surface area (Å²) in [6, 6.07) is 8.25. The first-order valence-electron chi connectivity index (χ1n) is 7.91. The maximum Gasteiger partial charge on any atom is 0.277 e. The lowest BCUT2D eigenvalue weighted by Gasteiger charge is -2.07. The van der Waals surface area contributed by atoms with Crippen LogP contribution in [-0.4, -0.2) is 28.0 Å². The Labute approximate surface area is 156 Å². The molecule has 0 bridgehead atoms. The van der Waals surface area contributed by atoms with Gasteiger partial charge in [-0.05, 0) is 43.3 Å². The van der Waals surface area contributed by atoms with E-state index in [0.717, 1.165) is 23.9 Å². The van der Waals surface area contributed by atoms with Crippen LogP contribution in [-0.2, 0) is 0 Å². The number of benzene rings is 2. The zero-order valence-electron chi connectivity index (χ0n) is 13.9. The molecule has 4 rings (SSSR count). The number of Topliss-reactive ketones (excluding diaryl/α,β-unsaturated/α-hetero) is 1. The van der Waals surface area contributed by atoms with Crippen molar-refractivity contribution in [1.29, 1.82) is 0 Å². The molecule has 1 unspecified atom stereocenters. The van der Waals surface area contributed by atoms with Crippen LogP contribution < -0.4 is 9.47 Å². The third-order valence-electron chi connectivity index (χ3n) is 3.88. The maximum absolute atomic E-state index is 13.3. The van der Waals surface area contributed by atoms with Crippen molar-refractivity contribution in [1.82, 2.24) is 10.2 Å². The molecule has 6 nitrogen and oxygen atoms in total. The second-order valence-corrected chi connectivity index (χ2v) is 6.99. The number of rotatable bonds is 5. The molecule has 2 heterocycles. The molecule has 0 radical (unpaired) electrons. The molecule has 0 saturated carbocycles. The van der Waals surface area contributed by atoms with Crippen LogP contribution in [0.2, 0.25) is 0 Å². The van der Waals surface area contributed by atoms with Gasteiger partial charge in [0.2, 0.25) is 12.7 Å². The summed E-state index contributed by atoms with van der Waals surface area (Å²) in [6.07, 6.45) is 0. The van der Waals surface area contributed by atoms with Crippen LogP contribution in [0.1, 0.15) is 17.3 Å². The number of aromatic nitrogens is 2. The quantitative estimate of drug-likeness (QED) is 0.479. The fraction of sp³-hybridized carbons (Fsp3) is 0.167. The van der Waals surface area contributed by atoms with E-state index in [1.54, 1.807) is 25.1 Å². The molecule has 27 heavy (non-hydrogen) atoms. The molecule has 1 aliphatic heterocycles. The fourth-order valence-corrected chi connectivity index (χ4v) is 3.25. The van der Waals surface area contributed by atoms with Crippen molar-refractivity contribution in [2.75, 3.05) is 6.79 Å². The highest BCUT2D eigenvalue weighted by Crippen LogP contribution is 2.36. The van der Waals surface area contributed by atoms with Gasteiger partial charge in [0.25, 0.3) is 5.22 Å². The molecule has 1 aliphatic rings. The second kappa shape index (κ2) is 6.99. The summed E-state index contributed by atoms with van der Waals surface area (Å²) in [5.41, 5.74) is 0.725. The molecule has 1 aromatic heterocycles. The maximum atomic E-state index is 13.3. The number of hydrogen-bond donors (Lipinski definition) is 0. The standard InChI is InChI=1S/C18H12F2N2O4S/c1-9(16(23)10-2-4-12(19)13(20)6-10)27-18-22-21-17(26-18)11-3-5-14-15(7-11)25-8-24-14/h2-7,9H,8H2,1H3. The first-order chi connectivity index (χ1) is 13.0. The third-order valence-corrected chi connectivity index (χ3v) is 4.81. The number of ether oxygens (including phenoxy) is 2. The van der Waals surface area contributed by atoms with E-state index in [-0.39, 0.29) is 29.3 Å². The minimum absolute atomic E-state index is 0.0735. The number of thioether (sulfide) groups is 1. The van der Waals surface area contributed by atoms with Gasteiger partial charge >= 0.3 is 0 Å². The number of fused-ring (bicyclic) bond motifs is 1. The summed E-state index contributed by atoms with van der Waals surface area (Å²) < 4.78 is 42.5. The van der Waals surface area contributed by atoms with E-state index in [2.05, 4.69) is 10.2 Å². The van der Waals surface area contributed by atoms with Gasteiger partial charge in [-0.3, -0.25) is 4.79 Å². The molecule has 0 spiro atoms. The molecule has 0 N–H and O–H groups in total. The van der Waals surface area contributed by atoms with Gasteiger partial charge in [-0.2, -0.15) is 0 Å². The minimum Gasteiger partial charge on any atom is -0.454 e. The molecular weight excluding hydrogens is 378 g/mol. The summed E-state index contributed by atoms with van der Waals surface area (Å²) in [5.74, 6) is -0.955. The van der Waals surface area contributed by atoms with Gasteiger partial charge in [0.05, 0.1) is 5.25 Å². The van der Waals surface area contributed by atoms with E-state index < -0.39 is 16.9 Å². The minimum atomic E-state index is -1.07. The van der Waals surface area contributed by atoms with Gasteiger partial charge in [0.15, 0.2) is 28.9 Å². The molecule has 0 fully saturated rings. The third kappa shape index (κ3) is 3.50. The lowest BCUT2D eigenvalue weighted by atomic mass is 10.1. The highest BCUT2D eigenvalue weighted by molar-refractivity contribution is 8.00. The lowest BCUT2D eigenvalue weighted by Crippen LogP contribution is -2.14. The lowest BCUT2D eigenvalue weighted by molar-refractivity contribution is 0.0993. The average molecular weight is 390 g/mol. The second-order valence-electron chi connectivity index (χ2n) is 5.69. The van der Waals surface area contributed by atoms with Gasteiger partial charge in [0.1, 0.15) is 0 Å². The van der Waals surface area contributed by atoms with E-state index in [1.165, 1.54) is 6.07 Å². The molecule has 1 atom stereocenters. The number of halogens is 2. The summed E-state index contributed by atoms with van der Waals surface area (Å²) in [6.45, 7) is 1.78. The molecule has 0 aliphatic carbocycles. The molecule has 9 heteroatoms. The van der Waals surface area contributed by atoms with Crippen molar-refractivity contribution >= 4 is 17.5 Å². The fourth-order valence-electron chi connectivity index (χ4n) is 2.49. The van der Waals surface area contributed by atoms with Gasteiger partial charge in [-0.1, -0.05) is 11.8 Å². The van der Waals surface area contributed by atoms with Gasteiger partial charge in [-0.25, -0.2) is 8.78 Å². The Bertz CT molecular complexity index is 1020. The largest absolute Gasteiger partial charge is 0.454 e. The highest BCUT2D eigenvalue weighted by atomic mass is 32.2. The summed E-state index contributed by atoms with van der Waals surface area (Å²) >= 11 is 1.04. The highest BCUT2D eigenvalue weighted by Gasteiger charge is 2.22. The van der Waals surface area contributed by atoms with E-state index in [0.29, 0.717) is 17.1 Å². The van der Waals surface area contributed by atoms with Crippen LogP contribution in [0.3, 0.4) is 0 Å². The van der Waals surface area contributed by atoms with Crippen LogP contribution >= 0.6 is 11.8 Å². The Morgan fingerprint density at radius 1 is 1.07 bits per heavy atom.